The first kappa shape index (κ1) is 21.1. The number of ether oxygens (including phenoxy) is 1. The van der Waals surface area contributed by atoms with Gasteiger partial charge >= 0.3 is 0 Å². The molecule has 0 unspecified atom stereocenters. The second-order valence-electron chi connectivity index (χ2n) is 8.46. The van der Waals surface area contributed by atoms with Crippen molar-refractivity contribution in [1.82, 2.24) is 24.6 Å². The van der Waals surface area contributed by atoms with E-state index in [-0.39, 0.29) is 12.0 Å². The number of pyridine rings is 2. The molecule has 0 spiro atoms. The van der Waals surface area contributed by atoms with E-state index in [0.29, 0.717) is 17.1 Å². The summed E-state index contributed by atoms with van der Waals surface area (Å²) >= 11 is 0. The number of carbonyl (C=O) groups excluding carboxylic acids is 1. The summed E-state index contributed by atoms with van der Waals surface area (Å²) in [4.78, 5) is 24.3. The minimum Gasteiger partial charge on any atom is -0.490 e. The molecule has 1 aliphatic rings. The largest absolute Gasteiger partial charge is 0.490 e. The number of nitrogens with zero attached hydrogens (tertiary/aromatic N) is 5. The van der Waals surface area contributed by atoms with Crippen LogP contribution in [0.25, 0.3) is 22.2 Å². The third-order valence-corrected chi connectivity index (χ3v) is 5.88. The first-order chi connectivity index (χ1) is 16.0. The number of amides is 1. The van der Waals surface area contributed by atoms with Gasteiger partial charge in [0.15, 0.2) is 0 Å². The number of fused-ring (bicyclic) bond motifs is 1. The van der Waals surface area contributed by atoms with E-state index < -0.39 is 0 Å². The lowest BCUT2D eigenvalue weighted by Gasteiger charge is -2.29. The van der Waals surface area contributed by atoms with Crippen molar-refractivity contribution in [3.8, 4) is 17.0 Å². The van der Waals surface area contributed by atoms with Gasteiger partial charge in [0.05, 0.1) is 17.4 Å². The highest BCUT2D eigenvalue weighted by Gasteiger charge is 2.18. The van der Waals surface area contributed by atoms with Gasteiger partial charge in [0.1, 0.15) is 17.7 Å². The quantitative estimate of drug-likeness (QED) is 0.507. The van der Waals surface area contributed by atoms with Gasteiger partial charge < -0.3 is 15.0 Å². The minimum atomic E-state index is -0.237. The predicted molar refractivity (Wildman–Crippen MR) is 127 cm³/mol. The Bertz CT molecular complexity index is 1290. The summed E-state index contributed by atoms with van der Waals surface area (Å²) in [5.41, 5.74) is 3.03. The molecule has 1 aliphatic heterocycles. The Morgan fingerprint density at radius 2 is 1.94 bits per heavy atom. The first-order valence-electron chi connectivity index (χ1n) is 11.1. The van der Waals surface area contributed by atoms with E-state index in [2.05, 4.69) is 27.3 Å². The number of anilines is 1. The normalized spacial score (nSPS) is 15.0. The van der Waals surface area contributed by atoms with Gasteiger partial charge in [-0.05, 0) is 50.2 Å². The van der Waals surface area contributed by atoms with Crippen molar-refractivity contribution < 1.29 is 9.53 Å². The third-order valence-electron chi connectivity index (χ3n) is 5.88. The number of nitrogens with one attached hydrogen (secondary N) is 1. The van der Waals surface area contributed by atoms with Crippen molar-refractivity contribution >= 4 is 22.6 Å². The van der Waals surface area contributed by atoms with Gasteiger partial charge in [0.25, 0.3) is 5.91 Å². The molecular weight excluding hydrogens is 416 g/mol. The van der Waals surface area contributed by atoms with E-state index in [4.69, 9.17) is 9.72 Å². The lowest BCUT2D eigenvalue weighted by atomic mass is 10.1. The average molecular weight is 443 g/mol. The van der Waals surface area contributed by atoms with Crippen LogP contribution in [-0.4, -0.2) is 56.8 Å². The minimum absolute atomic E-state index is 0.182. The van der Waals surface area contributed by atoms with Crippen molar-refractivity contribution in [2.45, 2.75) is 18.9 Å². The van der Waals surface area contributed by atoms with E-state index in [1.54, 1.807) is 35.3 Å². The Balaban J connectivity index is 1.31. The maximum absolute atomic E-state index is 12.9. The van der Waals surface area contributed by atoms with Crippen LogP contribution >= 0.6 is 0 Å². The first-order valence-corrected chi connectivity index (χ1v) is 11.1. The molecule has 168 valence electrons. The smallest absolute Gasteiger partial charge is 0.256 e. The number of benzene rings is 1. The number of aryl methyl sites for hydroxylation is 1. The molecule has 33 heavy (non-hydrogen) atoms. The number of aromatic nitrogens is 4. The standard InChI is InChI=1S/C25H26N6O2/c1-30-10-8-20(9-11-30)33-21-5-3-4-17(12-21)25(32)29-24-13-23-18(14-26-24)6-7-22(28-23)19-15-27-31(2)16-19/h3-7,12-16,20H,8-11H2,1-2H3,(H,26,29,32). The molecule has 8 nitrogen and oxygen atoms in total. The van der Waals surface area contributed by atoms with Crippen LogP contribution in [0.3, 0.4) is 0 Å². The van der Waals surface area contributed by atoms with E-state index in [9.17, 15) is 4.79 Å². The van der Waals surface area contributed by atoms with Crippen LogP contribution in [0.2, 0.25) is 0 Å². The summed E-state index contributed by atoms with van der Waals surface area (Å²) in [6.45, 7) is 2.05. The summed E-state index contributed by atoms with van der Waals surface area (Å²) in [5.74, 6) is 0.926. The van der Waals surface area contributed by atoms with E-state index in [0.717, 1.165) is 48.1 Å². The van der Waals surface area contributed by atoms with Gasteiger partial charge in [-0.2, -0.15) is 5.10 Å². The zero-order valence-corrected chi connectivity index (χ0v) is 18.7. The fraction of sp³-hybridized carbons (Fsp3) is 0.280. The molecule has 1 amide bonds. The second kappa shape index (κ2) is 8.99. The van der Waals surface area contributed by atoms with E-state index >= 15 is 0 Å². The molecule has 1 aromatic carbocycles. The summed E-state index contributed by atoms with van der Waals surface area (Å²) < 4.78 is 7.86. The zero-order chi connectivity index (χ0) is 22.8. The molecule has 0 radical (unpaired) electrons. The molecule has 3 aromatic heterocycles. The number of piperidine rings is 1. The van der Waals surface area contributed by atoms with Crippen LogP contribution in [0.4, 0.5) is 5.82 Å². The summed E-state index contributed by atoms with van der Waals surface area (Å²) in [6.07, 6.45) is 7.56. The SMILES string of the molecule is CN1CCC(Oc2cccc(C(=O)Nc3cc4nc(-c5cnn(C)c5)ccc4cn3)c2)CC1. The predicted octanol–water partition coefficient (Wildman–Crippen LogP) is 3.76. The molecule has 1 N–H and O–H groups in total. The lowest BCUT2D eigenvalue weighted by Crippen LogP contribution is -2.35. The summed E-state index contributed by atoms with van der Waals surface area (Å²) in [7, 11) is 3.99. The van der Waals surface area contributed by atoms with Crippen molar-refractivity contribution in [2.75, 3.05) is 25.5 Å². The van der Waals surface area contributed by atoms with Crippen LogP contribution in [0, 0.1) is 0 Å². The number of likely N-dealkylation sites (tertiary alicyclic amines) is 1. The fourth-order valence-electron chi connectivity index (χ4n) is 3.99. The Morgan fingerprint density at radius 3 is 2.73 bits per heavy atom. The number of carbonyl (C=O) groups is 1. The molecule has 1 saturated heterocycles. The van der Waals surface area contributed by atoms with Crippen LogP contribution < -0.4 is 10.1 Å². The average Bonchev–Trinajstić information content (AvgIpc) is 3.26. The van der Waals surface area contributed by atoms with Gasteiger partial charge in [-0.1, -0.05) is 6.07 Å². The Labute approximate surface area is 192 Å². The molecule has 4 aromatic rings. The van der Waals surface area contributed by atoms with E-state index in [1.807, 2.05) is 37.5 Å². The monoisotopic (exact) mass is 442 g/mol. The van der Waals surface area contributed by atoms with Crippen LogP contribution in [-0.2, 0) is 7.05 Å². The number of hydrogen-bond acceptors (Lipinski definition) is 6. The van der Waals surface area contributed by atoms with Gasteiger partial charge in [0, 0.05) is 55.1 Å². The van der Waals surface area contributed by atoms with Gasteiger partial charge in [-0.15, -0.1) is 0 Å². The highest BCUT2D eigenvalue weighted by atomic mass is 16.5. The lowest BCUT2D eigenvalue weighted by molar-refractivity contribution is 0.102. The van der Waals surface area contributed by atoms with Gasteiger partial charge in [-0.25, -0.2) is 9.97 Å². The second-order valence-corrected chi connectivity index (χ2v) is 8.46. The Kier molecular flexibility index (Phi) is 5.75. The van der Waals surface area contributed by atoms with Crippen molar-refractivity contribution in [1.29, 1.82) is 0 Å². The highest BCUT2D eigenvalue weighted by Crippen LogP contribution is 2.23. The van der Waals surface area contributed by atoms with Crippen molar-refractivity contribution in [3.63, 3.8) is 0 Å². The Hall–Kier alpha value is -3.78. The van der Waals surface area contributed by atoms with Crippen molar-refractivity contribution in [3.05, 3.63) is 66.6 Å². The molecule has 0 aliphatic carbocycles. The maximum atomic E-state index is 12.9. The topological polar surface area (TPSA) is 85.2 Å². The van der Waals surface area contributed by atoms with Crippen LogP contribution in [0.1, 0.15) is 23.2 Å². The maximum Gasteiger partial charge on any atom is 0.256 e. The molecule has 8 heteroatoms. The zero-order valence-electron chi connectivity index (χ0n) is 18.7. The molecule has 5 rings (SSSR count). The Morgan fingerprint density at radius 1 is 1.09 bits per heavy atom. The van der Waals surface area contributed by atoms with Crippen LogP contribution in [0.5, 0.6) is 5.75 Å². The van der Waals surface area contributed by atoms with Crippen molar-refractivity contribution in [2.24, 2.45) is 7.05 Å². The summed E-state index contributed by atoms with van der Waals surface area (Å²) in [6, 6.07) is 13.0. The van der Waals surface area contributed by atoms with Gasteiger partial charge in [-0.3, -0.25) is 9.48 Å². The molecule has 0 saturated carbocycles. The highest BCUT2D eigenvalue weighted by molar-refractivity contribution is 6.04. The van der Waals surface area contributed by atoms with E-state index in [1.165, 1.54) is 0 Å². The molecule has 0 bridgehead atoms. The van der Waals surface area contributed by atoms with Crippen LogP contribution in [0.15, 0.2) is 61.1 Å². The molecular formula is C25H26N6O2. The molecule has 1 fully saturated rings. The number of hydrogen-bond donors (Lipinski definition) is 1. The summed E-state index contributed by atoms with van der Waals surface area (Å²) in [5, 5.41) is 7.98. The molecule has 0 atom stereocenters. The molecule has 4 heterocycles. The third kappa shape index (κ3) is 4.85. The van der Waals surface area contributed by atoms with Gasteiger partial charge in [0.2, 0.25) is 0 Å². The fourth-order valence-corrected chi connectivity index (χ4v) is 3.99. The number of rotatable bonds is 5.